The largest absolute Gasteiger partial charge is 0.475 e. The number of hydrogen-bond donors (Lipinski definition) is 0. The van der Waals surface area contributed by atoms with Crippen LogP contribution in [0, 0.1) is 6.92 Å². The summed E-state index contributed by atoms with van der Waals surface area (Å²) < 4.78 is 6.24. The summed E-state index contributed by atoms with van der Waals surface area (Å²) in [4.78, 5) is 2.41. The van der Waals surface area contributed by atoms with Crippen molar-refractivity contribution in [2.45, 2.75) is 39.3 Å². The molecule has 1 unspecified atom stereocenters. The zero-order valence-electron chi connectivity index (χ0n) is 13.6. The lowest BCUT2D eigenvalue weighted by Gasteiger charge is -2.24. The van der Waals surface area contributed by atoms with Gasteiger partial charge in [-0.05, 0) is 55.5 Å². The Labute approximate surface area is 133 Å². The first kappa shape index (κ1) is 15.1. The quantitative estimate of drug-likeness (QED) is 0.810. The van der Waals surface area contributed by atoms with Crippen molar-refractivity contribution in [1.82, 2.24) is 4.90 Å². The summed E-state index contributed by atoms with van der Waals surface area (Å²) >= 11 is 0. The molecule has 0 radical (unpaired) electrons. The van der Waals surface area contributed by atoms with Crippen LogP contribution in [0.3, 0.4) is 0 Å². The van der Waals surface area contributed by atoms with E-state index in [1.54, 1.807) is 0 Å². The van der Waals surface area contributed by atoms with Crippen LogP contribution in [-0.2, 0) is 6.42 Å². The van der Waals surface area contributed by atoms with E-state index in [1.807, 2.05) is 0 Å². The average Bonchev–Trinajstić information content (AvgIpc) is 2.98. The van der Waals surface area contributed by atoms with E-state index >= 15 is 0 Å². The molecule has 0 spiro atoms. The Balaban J connectivity index is 1.69. The highest BCUT2D eigenvalue weighted by Crippen LogP contribution is 2.26. The van der Waals surface area contributed by atoms with Crippen molar-refractivity contribution in [2.75, 3.05) is 13.1 Å². The summed E-state index contributed by atoms with van der Waals surface area (Å²) in [6, 6.07) is 17.2. The first-order chi connectivity index (χ1) is 10.8. The predicted octanol–water partition coefficient (Wildman–Crippen LogP) is 4.41. The molecule has 2 aromatic carbocycles. The van der Waals surface area contributed by atoms with Gasteiger partial charge in [0.05, 0.1) is 0 Å². The van der Waals surface area contributed by atoms with Crippen molar-refractivity contribution in [3.05, 3.63) is 65.2 Å². The van der Waals surface area contributed by atoms with Crippen molar-refractivity contribution in [2.24, 2.45) is 0 Å². The van der Waals surface area contributed by atoms with Crippen LogP contribution >= 0.6 is 0 Å². The first-order valence-corrected chi connectivity index (χ1v) is 8.30. The highest BCUT2D eigenvalue weighted by atomic mass is 16.5. The maximum atomic E-state index is 6.24. The van der Waals surface area contributed by atoms with Crippen LogP contribution in [0.25, 0.3) is 0 Å². The van der Waals surface area contributed by atoms with Crippen LogP contribution < -0.4 is 4.74 Å². The van der Waals surface area contributed by atoms with Gasteiger partial charge in [0.1, 0.15) is 5.75 Å². The van der Waals surface area contributed by atoms with E-state index in [2.05, 4.69) is 67.3 Å². The zero-order valence-corrected chi connectivity index (χ0v) is 13.6. The Kier molecular flexibility index (Phi) is 4.79. The zero-order chi connectivity index (χ0) is 15.4. The first-order valence-electron chi connectivity index (χ1n) is 8.30. The van der Waals surface area contributed by atoms with Crippen molar-refractivity contribution in [3.8, 4) is 5.75 Å². The molecule has 3 rings (SSSR count). The molecule has 22 heavy (non-hydrogen) atoms. The van der Waals surface area contributed by atoms with E-state index in [4.69, 9.17) is 4.74 Å². The monoisotopic (exact) mass is 295 g/mol. The molecule has 2 heteroatoms. The molecule has 1 atom stereocenters. The standard InChI is InChI=1S/C20H25NO/c1-3-21-13-7-10-20(21)22-19-12-11-18(14-16(19)2)15-17-8-5-4-6-9-17/h4-6,8-9,11-12,14,20H,3,7,10,13,15H2,1-2H3. The Morgan fingerprint density at radius 3 is 2.64 bits per heavy atom. The molecule has 116 valence electrons. The topological polar surface area (TPSA) is 12.5 Å². The number of aryl methyl sites for hydroxylation is 1. The molecule has 2 nitrogen and oxygen atoms in total. The summed E-state index contributed by atoms with van der Waals surface area (Å²) in [7, 11) is 0. The highest BCUT2D eigenvalue weighted by molar-refractivity contribution is 5.38. The van der Waals surface area contributed by atoms with Gasteiger partial charge in [-0.3, -0.25) is 4.90 Å². The summed E-state index contributed by atoms with van der Waals surface area (Å²) in [6.45, 7) is 6.58. The van der Waals surface area contributed by atoms with Crippen LogP contribution in [0.1, 0.15) is 36.5 Å². The van der Waals surface area contributed by atoms with Gasteiger partial charge in [-0.25, -0.2) is 0 Å². The van der Waals surface area contributed by atoms with E-state index in [-0.39, 0.29) is 6.23 Å². The van der Waals surface area contributed by atoms with Crippen molar-refractivity contribution in [3.63, 3.8) is 0 Å². The minimum Gasteiger partial charge on any atom is -0.475 e. The summed E-state index contributed by atoms with van der Waals surface area (Å²) in [6.07, 6.45) is 3.61. The number of hydrogen-bond acceptors (Lipinski definition) is 2. The van der Waals surface area contributed by atoms with Gasteiger partial charge >= 0.3 is 0 Å². The molecule has 0 N–H and O–H groups in total. The molecule has 0 aromatic heterocycles. The van der Waals surface area contributed by atoms with Crippen LogP contribution in [-0.4, -0.2) is 24.2 Å². The molecule has 1 fully saturated rings. The van der Waals surface area contributed by atoms with Crippen molar-refractivity contribution in [1.29, 1.82) is 0 Å². The lowest BCUT2D eigenvalue weighted by Crippen LogP contribution is -2.33. The van der Waals surface area contributed by atoms with E-state index in [0.29, 0.717) is 0 Å². The predicted molar refractivity (Wildman–Crippen MR) is 91.3 cm³/mol. The number of ether oxygens (including phenoxy) is 1. The van der Waals surface area contributed by atoms with Crippen LogP contribution in [0.5, 0.6) is 5.75 Å². The normalized spacial score (nSPS) is 18.5. The minimum absolute atomic E-state index is 0.253. The van der Waals surface area contributed by atoms with Crippen LogP contribution in [0.4, 0.5) is 0 Å². The van der Waals surface area contributed by atoms with Gasteiger partial charge in [-0.1, -0.05) is 49.4 Å². The van der Waals surface area contributed by atoms with E-state index in [0.717, 1.165) is 31.7 Å². The molecule has 0 amide bonds. The van der Waals surface area contributed by atoms with Gasteiger partial charge in [-0.2, -0.15) is 0 Å². The third-order valence-corrected chi connectivity index (χ3v) is 4.46. The molecule has 0 bridgehead atoms. The van der Waals surface area contributed by atoms with Gasteiger partial charge in [0.25, 0.3) is 0 Å². The van der Waals surface area contributed by atoms with E-state index < -0.39 is 0 Å². The molecular formula is C20H25NO. The second-order valence-corrected chi connectivity index (χ2v) is 6.11. The number of nitrogens with zero attached hydrogens (tertiary/aromatic N) is 1. The SMILES string of the molecule is CCN1CCCC1Oc1ccc(Cc2ccccc2)cc1C. The third-order valence-electron chi connectivity index (χ3n) is 4.46. The fourth-order valence-corrected chi connectivity index (χ4v) is 3.22. The Hall–Kier alpha value is -1.80. The number of likely N-dealkylation sites (tertiary alicyclic amines) is 1. The molecule has 2 aromatic rings. The van der Waals surface area contributed by atoms with Gasteiger partial charge < -0.3 is 4.74 Å². The number of benzene rings is 2. The van der Waals surface area contributed by atoms with Crippen molar-refractivity contribution < 1.29 is 4.74 Å². The maximum Gasteiger partial charge on any atom is 0.152 e. The summed E-state index contributed by atoms with van der Waals surface area (Å²) in [5.41, 5.74) is 3.93. The smallest absolute Gasteiger partial charge is 0.152 e. The van der Waals surface area contributed by atoms with E-state index in [9.17, 15) is 0 Å². The Bertz CT molecular complexity index is 608. The lowest BCUT2D eigenvalue weighted by atomic mass is 10.0. The molecule has 0 aliphatic carbocycles. The fourth-order valence-electron chi connectivity index (χ4n) is 3.22. The van der Waals surface area contributed by atoms with Crippen LogP contribution in [0.2, 0.25) is 0 Å². The van der Waals surface area contributed by atoms with Gasteiger partial charge in [0.15, 0.2) is 6.23 Å². The van der Waals surface area contributed by atoms with E-state index in [1.165, 1.54) is 23.1 Å². The van der Waals surface area contributed by atoms with Gasteiger partial charge in [0.2, 0.25) is 0 Å². The molecule has 1 saturated heterocycles. The van der Waals surface area contributed by atoms with Gasteiger partial charge in [-0.15, -0.1) is 0 Å². The Morgan fingerprint density at radius 2 is 1.91 bits per heavy atom. The summed E-state index contributed by atoms with van der Waals surface area (Å²) in [5.74, 6) is 1.03. The average molecular weight is 295 g/mol. The molecular weight excluding hydrogens is 270 g/mol. The summed E-state index contributed by atoms with van der Waals surface area (Å²) in [5, 5.41) is 0. The Morgan fingerprint density at radius 1 is 1.09 bits per heavy atom. The second kappa shape index (κ2) is 6.97. The molecule has 1 aliphatic heterocycles. The maximum absolute atomic E-state index is 6.24. The third kappa shape index (κ3) is 3.50. The van der Waals surface area contributed by atoms with Crippen LogP contribution in [0.15, 0.2) is 48.5 Å². The highest BCUT2D eigenvalue weighted by Gasteiger charge is 2.24. The lowest BCUT2D eigenvalue weighted by molar-refractivity contribution is 0.0644. The molecule has 1 aliphatic rings. The fraction of sp³-hybridized carbons (Fsp3) is 0.400. The van der Waals surface area contributed by atoms with Crippen molar-refractivity contribution >= 4 is 0 Å². The van der Waals surface area contributed by atoms with Gasteiger partial charge in [0, 0.05) is 6.54 Å². The molecule has 0 saturated carbocycles. The minimum atomic E-state index is 0.253. The second-order valence-electron chi connectivity index (χ2n) is 6.11. The molecule has 1 heterocycles. The number of rotatable bonds is 5.